The van der Waals surface area contributed by atoms with Gasteiger partial charge in [0.25, 0.3) is 0 Å². The Morgan fingerprint density at radius 2 is 1.47 bits per heavy atom. The van der Waals surface area contributed by atoms with E-state index in [-0.39, 0.29) is 0 Å². The van der Waals surface area contributed by atoms with Crippen molar-refractivity contribution in [3.05, 3.63) is 11.8 Å². The normalized spacial score (nSPS) is 10.9. The molecular weight excluding hydrogens is 236 g/mol. The first kappa shape index (κ1) is 14.5. The molecule has 1 heterocycles. The lowest BCUT2D eigenvalue weighted by atomic mass is 10.1. The van der Waals surface area contributed by atoms with Crippen molar-refractivity contribution in [2.24, 2.45) is 0 Å². The Hall–Kier alpha value is -0.570. The summed E-state index contributed by atoms with van der Waals surface area (Å²) in [7, 11) is 0. The second-order valence-corrected chi connectivity index (χ2v) is 4.78. The molecule has 0 saturated carbocycles. The number of alkyl halides is 1. The van der Waals surface area contributed by atoms with E-state index in [2.05, 4.69) is 17.1 Å². The number of rotatable bonds is 10. The Kier molecular flexibility index (Phi) is 8.06. The zero-order valence-electron chi connectivity index (χ0n) is 10.8. The standard InChI is InChI=1S/C13H23ClN2O/c1-2-3-4-5-6-7-8-9-12-15-16-13(17-12)10-11-14/h2-11H2,1H3. The van der Waals surface area contributed by atoms with Gasteiger partial charge in [0.05, 0.1) is 0 Å². The van der Waals surface area contributed by atoms with Gasteiger partial charge in [-0.25, -0.2) is 0 Å². The molecule has 4 heteroatoms. The largest absolute Gasteiger partial charge is 0.425 e. The van der Waals surface area contributed by atoms with Gasteiger partial charge in [0, 0.05) is 18.7 Å². The van der Waals surface area contributed by atoms with Gasteiger partial charge in [-0.2, -0.15) is 0 Å². The number of aryl methyl sites for hydroxylation is 2. The number of hydrogen-bond acceptors (Lipinski definition) is 3. The molecule has 0 amide bonds. The van der Waals surface area contributed by atoms with E-state index >= 15 is 0 Å². The topological polar surface area (TPSA) is 38.9 Å². The molecule has 0 atom stereocenters. The van der Waals surface area contributed by atoms with Crippen LogP contribution in [0.1, 0.15) is 63.7 Å². The number of hydrogen-bond donors (Lipinski definition) is 0. The highest BCUT2D eigenvalue weighted by atomic mass is 35.5. The molecule has 98 valence electrons. The average molecular weight is 259 g/mol. The average Bonchev–Trinajstić information content (AvgIpc) is 2.76. The van der Waals surface area contributed by atoms with E-state index < -0.39 is 0 Å². The van der Waals surface area contributed by atoms with Crippen molar-refractivity contribution in [1.82, 2.24) is 10.2 Å². The van der Waals surface area contributed by atoms with Crippen LogP contribution in [0.3, 0.4) is 0 Å². The molecule has 3 nitrogen and oxygen atoms in total. The Morgan fingerprint density at radius 1 is 0.882 bits per heavy atom. The van der Waals surface area contributed by atoms with Crippen molar-refractivity contribution in [3.8, 4) is 0 Å². The molecule has 0 aromatic carbocycles. The minimum atomic E-state index is 0.541. The van der Waals surface area contributed by atoms with Crippen LogP contribution < -0.4 is 0 Å². The van der Waals surface area contributed by atoms with Crippen LogP contribution in [0.2, 0.25) is 0 Å². The lowest BCUT2D eigenvalue weighted by molar-refractivity contribution is 0.444. The monoisotopic (exact) mass is 258 g/mol. The maximum absolute atomic E-state index is 5.60. The fourth-order valence-corrected chi connectivity index (χ4v) is 1.97. The third-order valence-electron chi connectivity index (χ3n) is 2.81. The number of halogens is 1. The molecule has 0 radical (unpaired) electrons. The highest BCUT2D eigenvalue weighted by Crippen LogP contribution is 2.10. The molecule has 0 fully saturated rings. The van der Waals surface area contributed by atoms with Crippen LogP contribution in [0, 0.1) is 0 Å². The van der Waals surface area contributed by atoms with E-state index in [1.807, 2.05) is 0 Å². The third kappa shape index (κ3) is 6.67. The molecule has 0 spiro atoms. The summed E-state index contributed by atoms with van der Waals surface area (Å²) in [5.41, 5.74) is 0. The maximum Gasteiger partial charge on any atom is 0.217 e. The van der Waals surface area contributed by atoms with Crippen molar-refractivity contribution in [1.29, 1.82) is 0 Å². The number of unbranched alkanes of at least 4 members (excludes halogenated alkanes) is 6. The number of aromatic nitrogens is 2. The predicted octanol–water partition coefficient (Wildman–Crippen LogP) is 4.14. The van der Waals surface area contributed by atoms with Crippen molar-refractivity contribution >= 4 is 11.6 Å². The Bertz CT molecular complexity index is 289. The van der Waals surface area contributed by atoms with E-state index in [0.717, 1.165) is 18.7 Å². The Balaban J connectivity index is 2.01. The van der Waals surface area contributed by atoms with Crippen LogP contribution in [0.25, 0.3) is 0 Å². The first-order valence-corrected chi connectivity index (χ1v) is 7.27. The first-order chi connectivity index (χ1) is 8.36. The quantitative estimate of drug-likeness (QED) is 0.468. The Morgan fingerprint density at radius 3 is 2.12 bits per heavy atom. The maximum atomic E-state index is 5.60. The van der Waals surface area contributed by atoms with Gasteiger partial charge < -0.3 is 4.42 Å². The summed E-state index contributed by atoms with van der Waals surface area (Å²) in [6.07, 6.45) is 10.7. The van der Waals surface area contributed by atoms with Crippen molar-refractivity contribution in [3.63, 3.8) is 0 Å². The summed E-state index contributed by atoms with van der Waals surface area (Å²) >= 11 is 5.60. The summed E-state index contributed by atoms with van der Waals surface area (Å²) in [5, 5.41) is 7.95. The minimum Gasteiger partial charge on any atom is -0.425 e. The predicted molar refractivity (Wildman–Crippen MR) is 70.4 cm³/mol. The lowest BCUT2D eigenvalue weighted by Gasteiger charge is -1.98. The SMILES string of the molecule is CCCCCCCCCc1nnc(CCCl)o1. The van der Waals surface area contributed by atoms with Gasteiger partial charge in [-0.15, -0.1) is 21.8 Å². The molecular formula is C13H23ClN2O. The molecule has 0 aliphatic heterocycles. The van der Waals surface area contributed by atoms with Crippen LogP contribution in [0.15, 0.2) is 4.42 Å². The van der Waals surface area contributed by atoms with Crippen LogP contribution in [-0.2, 0) is 12.8 Å². The van der Waals surface area contributed by atoms with Gasteiger partial charge in [0.2, 0.25) is 11.8 Å². The second kappa shape index (κ2) is 9.46. The van der Waals surface area contributed by atoms with E-state index in [1.165, 1.54) is 38.5 Å². The van der Waals surface area contributed by atoms with Gasteiger partial charge in [0.1, 0.15) is 0 Å². The van der Waals surface area contributed by atoms with Crippen molar-refractivity contribution < 1.29 is 4.42 Å². The van der Waals surface area contributed by atoms with Gasteiger partial charge in [-0.1, -0.05) is 45.4 Å². The molecule has 0 unspecified atom stereocenters. The third-order valence-corrected chi connectivity index (χ3v) is 3.00. The zero-order valence-corrected chi connectivity index (χ0v) is 11.5. The molecule has 0 saturated heterocycles. The fourth-order valence-electron chi connectivity index (χ4n) is 1.80. The minimum absolute atomic E-state index is 0.541. The number of nitrogens with zero attached hydrogens (tertiary/aromatic N) is 2. The molecule has 1 rings (SSSR count). The van der Waals surface area contributed by atoms with Gasteiger partial charge in [-0.05, 0) is 6.42 Å². The Labute approximate surface area is 109 Å². The zero-order chi connectivity index (χ0) is 12.3. The first-order valence-electron chi connectivity index (χ1n) is 6.74. The van der Waals surface area contributed by atoms with Crippen LogP contribution in [0.5, 0.6) is 0 Å². The molecule has 1 aromatic rings. The van der Waals surface area contributed by atoms with E-state index in [4.69, 9.17) is 16.0 Å². The fraction of sp³-hybridized carbons (Fsp3) is 0.846. The van der Waals surface area contributed by atoms with Crippen LogP contribution in [-0.4, -0.2) is 16.1 Å². The van der Waals surface area contributed by atoms with E-state index in [0.29, 0.717) is 18.2 Å². The molecule has 0 aliphatic rings. The van der Waals surface area contributed by atoms with Gasteiger partial charge in [0.15, 0.2) is 0 Å². The van der Waals surface area contributed by atoms with Gasteiger partial charge in [-0.3, -0.25) is 0 Å². The van der Waals surface area contributed by atoms with E-state index in [9.17, 15) is 0 Å². The van der Waals surface area contributed by atoms with E-state index in [1.54, 1.807) is 0 Å². The van der Waals surface area contributed by atoms with Crippen LogP contribution in [0.4, 0.5) is 0 Å². The van der Waals surface area contributed by atoms with Gasteiger partial charge >= 0.3 is 0 Å². The summed E-state index contributed by atoms with van der Waals surface area (Å²) in [4.78, 5) is 0. The molecule has 0 N–H and O–H groups in total. The lowest BCUT2D eigenvalue weighted by Crippen LogP contribution is -1.86. The summed E-state index contributed by atoms with van der Waals surface area (Å²) < 4.78 is 5.46. The molecule has 1 aromatic heterocycles. The molecule has 0 bridgehead atoms. The molecule has 17 heavy (non-hydrogen) atoms. The summed E-state index contributed by atoms with van der Waals surface area (Å²) in [6.45, 7) is 2.24. The van der Waals surface area contributed by atoms with Crippen molar-refractivity contribution in [2.45, 2.75) is 64.7 Å². The van der Waals surface area contributed by atoms with Crippen molar-refractivity contribution in [2.75, 3.05) is 5.88 Å². The smallest absolute Gasteiger partial charge is 0.217 e. The second-order valence-electron chi connectivity index (χ2n) is 4.40. The van der Waals surface area contributed by atoms with Crippen LogP contribution >= 0.6 is 11.6 Å². The highest BCUT2D eigenvalue weighted by molar-refractivity contribution is 6.17. The highest BCUT2D eigenvalue weighted by Gasteiger charge is 2.04. The summed E-state index contributed by atoms with van der Waals surface area (Å²) in [5.74, 6) is 1.97. The molecule has 0 aliphatic carbocycles. The summed E-state index contributed by atoms with van der Waals surface area (Å²) in [6, 6.07) is 0.